The van der Waals surface area contributed by atoms with Crippen LogP contribution in [0.5, 0.6) is 0 Å². The summed E-state index contributed by atoms with van der Waals surface area (Å²) in [5.74, 6) is 1.15. The number of likely N-dealkylation sites (N-methyl/N-ethyl adjacent to an activating group) is 1. The van der Waals surface area contributed by atoms with Crippen molar-refractivity contribution in [3.8, 4) is 6.07 Å². The Morgan fingerprint density at radius 3 is 2.91 bits per heavy atom. The second-order valence-corrected chi connectivity index (χ2v) is 5.90. The van der Waals surface area contributed by atoms with Crippen LogP contribution in [0, 0.1) is 11.3 Å². The summed E-state index contributed by atoms with van der Waals surface area (Å²) in [5.41, 5.74) is 0.749. The van der Waals surface area contributed by atoms with Crippen LogP contribution in [0.25, 0.3) is 0 Å². The minimum atomic E-state index is -0.0611. The zero-order valence-corrected chi connectivity index (χ0v) is 13.2. The third kappa shape index (κ3) is 4.95. The first-order chi connectivity index (χ1) is 10.7. The van der Waals surface area contributed by atoms with Gasteiger partial charge in [0.15, 0.2) is 12.3 Å². The fourth-order valence-corrected chi connectivity index (χ4v) is 2.72. The molecule has 0 radical (unpaired) electrons. The Bertz CT molecular complexity index is 650. The van der Waals surface area contributed by atoms with Gasteiger partial charge in [-0.15, -0.1) is 11.8 Å². The van der Waals surface area contributed by atoms with E-state index < -0.39 is 0 Å². The molecule has 0 saturated heterocycles. The maximum atomic E-state index is 12.1. The molecule has 1 amide bonds. The van der Waals surface area contributed by atoms with Gasteiger partial charge in [0.2, 0.25) is 0 Å². The summed E-state index contributed by atoms with van der Waals surface area (Å²) in [6.45, 7) is 1.00. The van der Waals surface area contributed by atoms with Crippen LogP contribution in [0.15, 0.2) is 52.0 Å². The van der Waals surface area contributed by atoms with Crippen LogP contribution in [0.4, 0.5) is 5.69 Å². The number of nitrogens with one attached hydrogen (secondary N) is 2. The number of thioether (sulfide) groups is 1. The lowest BCUT2D eigenvalue weighted by molar-refractivity contribution is -0.886. The Morgan fingerprint density at radius 2 is 2.18 bits per heavy atom. The molecule has 0 saturated carbocycles. The molecule has 1 aromatic heterocycles. The number of furan rings is 1. The molecule has 2 rings (SSSR count). The number of carbonyl (C=O) groups is 1. The van der Waals surface area contributed by atoms with Crippen LogP contribution < -0.4 is 10.2 Å². The van der Waals surface area contributed by atoms with Gasteiger partial charge in [-0.05, 0) is 24.3 Å². The molecular weight excluding hydrogens is 298 g/mol. The van der Waals surface area contributed by atoms with Gasteiger partial charge in [0.25, 0.3) is 5.91 Å². The van der Waals surface area contributed by atoms with Crippen molar-refractivity contribution < 1.29 is 14.1 Å². The molecule has 0 aliphatic carbocycles. The summed E-state index contributed by atoms with van der Waals surface area (Å²) in [6, 6.07) is 13.3. The minimum Gasteiger partial charge on any atom is -0.463 e. The average Bonchev–Trinajstić information content (AvgIpc) is 2.99. The zero-order valence-electron chi connectivity index (χ0n) is 12.3. The summed E-state index contributed by atoms with van der Waals surface area (Å²) in [4.78, 5) is 14.1. The van der Waals surface area contributed by atoms with E-state index in [1.807, 2.05) is 43.4 Å². The molecule has 1 unspecified atom stereocenters. The first-order valence-corrected chi connectivity index (χ1v) is 7.90. The van der Waals surface area contributed by atoms with Crippen molar-refractivity contribution in [2.24, 2.45) is 0 Å². The van der Waals surface area contributed by atoms with E-state index in [1.54, 1.807) is 6.26 Å². The molecule has 0 fully saturated rings. The Balaban J connectivity index is 1.90. The summed E-state index contributed by atoms with van der Waals surface area (Å²) < 4.78 is 5.28. The third-order valence-corrected chi connectivity index (χ3v) is 3.91. The molecule has 2 N–H and O–H groups in total. The predicted molar refractivity (Wildman–Crippen MR) is 85.6 cm³/mol. The van der Waals surface area contributed by atoms with Crippen molar-refractivity contribution in [2.45, 2.75) is 11.4 Å². The van der Waals surface area contributed by atoms with Crippen LogP contribution in [-0.4, -0.2) is 25.3 Å². The van der Waals surface area contributed by atoms with E-state index >= 15 is 0 Å². The SMILES string of the molecule is C[NH+](CC(=O)Nc1ccccc1SCC#N)Cc1ccco1. The number of amides is 1. The minimum absolute atomic E-state index is 0.0611. The molecule has 0 bridgehead atoms. The third-order valence-electron chi connectivity index (χ3n) is 2.97. The molecule has 114 valence electrons. The molecule has 22 heavy (non-hydrogen) atoms. The van der Waals surface area contributed by atoms with E-state index in [1.165, 1.54) is 11.8 Å². The smallest absolute Gasteiger partial charge is 0.279 e. The van der Waals surface area contributed by atoms with Crippen molar-refractivity contribution in [1.29, 1.82) is 5.26 Å². The van der Waals surface area contributed by atoms with Crippen LogP contribution in [0.1, 0.15) is 5.76 Å². The first kappa shape index (κ1) is 16.1. The molecule has 1 aromatic carbocycles. The van der Waals surface area contributed by atoms with Gasteiger partial charge >= 0.3 is 0 Å². The van der Waals surface area contributed by atoms with Gasteiger partial charge in [-0.25, -0.2) is 0 Å². The van der Waals surface area contributed by atoms with Crippen LogP contribution in [-0.2, 0) is 11.3 Å². The second kappa shape index (κ2) is 8.27. The predicted octanol–water partition coefficient (Wildman–Crippen LogP) is 1.55. The number of rotatable bonds is 7. The summed E-state index contributed by atoms with van der Waals surface area (Å²) in [6.07, 6.45) is 1.63. The van der Waals surface area contributed by atoms with Crippen molar-refractivity contribution in [1.82, 2.24) is 0 Å². The molecule has 6 heteroatoms. The number of hydrogen-bond acceptors (Lipinski definition) is 4. The highest BCUT2D eigenvalue weighted by Gasteiger charge is 2.13. The standard InChI is InChI=1S/C16H17N3O2S/c1-19(11-13-5-4-9-21-13)12-16(20)18-14-6-2-3-7-15(14)22-10-8-17/h2-7,9H,10-12H2,1H3,(H,18,20)/p+1. The van der Waals surface area contributed by atoms with Gasteiger partial charge in [0.05, 0.1) is 30.8 Å². The highest BCUT2D eigenvalue weighted by atomic mass is 32.2. The van der Waals surface area contributed by atoms with E-state index in [0.29, 0.717) is 18.8 Å². The van der Waals surface area contributed by atoms with Gasteiger partial charge in [0, 0.05) is 4.90 Å². The molecule has 1 heterocycles. The molecule has 1 atom stereocenters. The monoisotopic (exact) mass is 316 g/mol. The number of carbonyl (C=O) groups excluding carboxylic acids is 1. The van der Waals surface area contributed by atoms with Crippen molar-refractivity contribution >= 4 is 23.4 Å². The van der Waals surface area contributed by atoms with E-state index in [2.05, 4.69) is 11.4 Å². The number of nitrogens with zero attached hydrogens (tertiary/aromatic N) is 1. The van der Waals surface area contributed by atoms with E-state index in [4.69, 9.17) is 9.68 Å². The maximum Gasteiger partial charge on any atom is 0.279 e. The highest BCUT2D eigenvalue weighted by molar-refractivity contribution is 7.99. The lowest BCUT2D eigenvalue weighted by Crippen LogP contribution is -3.08. The van der Waals surface area contributed by atoms with Gasteiger partial charge in [-0.2, -0.15) is 5.26 Å². The fourth-order valence-electron chi connectivity index (χ4n) is 2.05. The summed E-state index contributed by atoms with van der Waals surface area (Å²) >= 11 is 1.41. The van der Waals surface area contributed by atoms with Crippen LogP contribution in [0.3, 0.4) is 0 Å². The topological polar surface area (TPSA) is 70.5 Å². The summed E-state index contributed by atoms with van der Waals surface area (Å²) in [5, 5.41) is 11.6. The Hall–Kier alpha value is -2.23. The summed E-state index contributed by atoms with van der Waals surface area (Å²) in [7, 11) is 1.94. The number of anilines is 1. The van der Waals surface area contributed by atoms with Crippen molar-refractivity contribution in [3.63, 3.8) is 0 Å². The number of quaternary nitrogens is 1. The number of nitriles is 1. The maximum absolute atomic E-state index is 12.1. The molecule has 0 spiro atoms. The quantitative estimate of drug-likeness (QED) is 0.760. The largest absolute Gasteiger partial charge is 0.463 e. The molecular formula is C16H18N3O2S+. The Morgan fingerprint density at radius 1 is 1.36 bits per heavy atom. The van der Waals surface area contributed by atoms with Gasteiger partial charge in [-0.3, -0.25) is 4.79 Å². The normalized spacial score (nSPS) is 11.6. The van der Waals surface area contributed by atoms with Crippen LogP contribution >= 0.6 is 11.8 Å². The van der Waals surface area contributed by atoms with Gasteiger partial charge in [-0.1, -0.05) is 12.1 Å². The number of para-hydroxylation sites is 1. The second-order valence-electron chi connectivity index (χ2n) is 4.88. The molecule has 0 aliphatic heterocycles. The van der Waals surface area contributed by atoms with Gasteiger partial charge < -0.3 is 14.6 Å². The molecule has 2 aromatic rings. The number of hydrogen-bond donors (Lipinski definition) is 2. The Kier molecular flexibility index (Phi) is 6.07. The number of benzene rings is 1. The molecule has 5 nitrogen and oxygen atoms in total. The van der Waals surface area contributed by atoms with E-state index in [-0.39, 0.29) is 5.91 Å². The first-order valence-electron chi connectivity index (χ1n) is 6.91. The van der Waals surface area contributed by atoms with Crippen LogP contribution in [0.2, 0.25) is 0 Å². The van der Waals surface area contributed by atoms with Gasteiger partial charge in [0.1, 0.15) is 6.54 Å². The zero-order chi connectivity index (χ0) is 15.8. The highest BCUT2D eigenvalue weighted by Crippen LogP contribution is 2.26. The van der Waals surface area contributed by atoms with E-state index in [0.717, 1.165) is 21.2 Å². The molecule has 0 aliphatic rings. The van der Waals surface area contributed by atoms with E-state index in [9.17, 15) is 4.79 Å². The Labute approximate surface area is 133 Å². The fraction of sp³-hybridized carbons (Fsp3) is 0.250. The lowest BCUT2D eigenvalue weighted by atomic mass is 10.3. The van der Waals surface area contributed by atoms with Crippen molar-refractivity contribution in [3.05, 3.63) is 48.4 Å². The van der Waals surface area contributed by atoms with Crippen molar-refractivity contribution in [2.75, 3.05) is 24.7 Å². The average molecular weight is 316 g/mol. The lowest BCUT2D eigenvalue weighted by Gasteiger charge is -2.13.